The molecule has 1 N–H and O–H groups in total. The van der Waals surface area contributed by atoms with Gasteiger partial charge in [-0.25, -0.2) is 8.42 Å². The predicted octanol–water partition coefficient (Wildman–Crippen LogP) is 1.66. The van der Waals surface area contributed by atoms with Crippen LogP contribution >= 0.6 is 11.3 Å². The van der Waals surface area contributed by atoms with Crippen molar-refractivity contribution in [3.63, 3.8) is 0 Å². The lowest BCUT2D eigenvalue weighted by molar-refractivity contribution is 0.138. The second kappa shape index (κ2) is 7.00. The van der Waals surface area contributed by atoms with Gasteiger partial charge in [-0.15, -0.1) is 11.3 Å². The molecule has 1 aliphatic carbocycles. The van der Waals surface area contributed by atoms with Gasteiger partial charge in [-0.1, -0.05) is 0 Å². The molecule has 114 valence electrons. The first-order chi connectivity index (χ1) is 9.55. The van der Waals surface area contributed by atoms with E-state index in [1.165, 1.54) is 28.5 Å². The molecule has 0 atom stereocenters. The van der Waals surface area contributed by atoms with Crippen LogP contribution in [0.4, 0.5) is 0 Å². The molecule has 1 aromatic heterocycles. The number of sulfonamides is 1. The Morgan fingerprint density at radius 3 is 2.90 bits per heavy atom. The molecule has 0 saturated heterocycles. The summed E-state index contributed by atoms with van der Waals surface area (Å²) in [6.45, 7) is 3.93. The van der Waals surface area contributed by atoms with E-state index in [0.29, 0.717) is 37.2 Å². The molecule has 0 amide bonds. The lowest BCUT2D eigenvalue weighted by Crippen LogP contribution is -2.31. The van der Waals surface area contributed by atoms with E-state index < -0.39 is 10.0 Å². The van der Waals surface area contributed by atoms with Crippen molar-refractivity contribution in [3.8, 4) is 0 Å². The van der Waals surface area contributed by atoms with Crippen molar-refractivity contribution in [2.75, 3.05) is 26.8 Å². The summed E-state index contributed by atoms with van der Waals surface area (Å²) in [5.41, 5.74) is 0. The van der Waals surface area contributed by atoms with Gasteiger partial charge in [0.25, 0.3) is 0 Å². The van der Waals surface area contributed by atoms with Crippen LogP contribution in [0, 0.1) is 0 Å². The van der Waals surface area contributed by atoms with Crippen molar-refractivity contribution < 1.29 is 13.2 Å². The molecule has 20 heavy (non-hydrogen) atoms. The zero-order valence-electron chi connectivity index (χ0n) is 12.0. The van der Waals surface area contributed by atoms with Gasteiger partial charge < -0.3 is 10.1 Å². The number of thiophene rings is 1. The quantitative estimate of drug-likeness (QED) is 0.704. The number of likely N-dealkylation sites (N-methyl/N-ethyl adjacent to an activating group) is 1. The van der Waals surface area contributed by atoms with Crippen LogP contribution in [0.3, 0.4) is 0 Å². The smallest absolute Gasteiger partial charge is 0.244 e. The van der Waals surface area contributed by atoms with Gasteiger partial charge in [0.05, 0.1) is 11.5 Å². The molecule has 1 aliphatic rings. The van der Waals surface area contributed by atoms with Crippen LogP contribution in [0.1, 0.15) is 24.6 Å². The first-order valence-corrected chi connectivity index (χ1v) is 9.21. The highest BCUT2D eigenvalue weighted by Crippen LogP contribution is 2.26. The summed E-state index contributed by atoms with van der Waals surface area (Å²) >= 11 is 1.49. The van der Waals surface area contributed by atoms with E-state index in [2.05, 4.69) is 5.32 Å². The maximum Gasteiger partial charge on any atom is 0.244 e. The van der Waals surface area contributed by atoms with Gasteiger partial charge in [-0.3, -0.25) is 0 Å². The van der Waals surface area contributed by atoms with E-state index in [1.54, 1.807) is 13.1 Å². The molecule has 0 unspecified atom stereocenters. The summed E-state index contributed by atoms with van der Waals surface area (Å²) in [4.78, 5) is 1.31. The molecule has 2 rings (SSSR count). The fourth-order valence-electron chi connectivity index (χ4n) is 1.84. The average molecular weight is 318 g/mol. The van der Waals surface area contributed by atoms with Crippen LogP contribution < -0.4 is 5.32 Å². The third kappa shape index (κ3) is 4.02. The maximum atomic E-state index is 12.5. The lowest BCUT2D eigenvalue weighted by Gasteiger charge is -2.17. The molecule has 1 saturated carbocycles. The third-order valence-electron chi connectivity index (χ3n) is 3.28. The van der Waals surface area contributed by atoms with Gasteiger partial charge in [0.15, 0.2) is 0 Å². The molecule has 1 fully saturated rings. The summed E-state index contributed by atoms with van der Waals surface area (Å²) in [5.74, 6) is 0. The molecule has 0 aromatic carbocycles. The average Bonchev–Trinajstić information content (AvgIpc) is 3.12. The van der Waals surface area contributed by atoms with Crippen molar-refractivity contribution in [1.82, 2.24) is 9.62 Å². The van der Waals surface area contributed by atoms with Crippen molar-refractivity contribution in [2.45, 2.75) is 37.2 Å². The minimum Gasteiger partial charge on any atom is -0.380 e. The van der Waals surface area contributed by atoms with Gasteiger partial charge in [0.1, 0.15) is 0 Å². The first kappa shape index (κ1) is 15.9. The highest BCUT2D eigenvalue weighted by molar-refractivity contribution is 7.89. The van der Waals surface area contributed by atoms with E-state index in [0.717, 1.165) is 4.88 Å². The van der Waals surface area contributed by atoms with Crippen LogP contribution in [0.2, 0.25) is 0 Å². The molecule has 0 bridgehead atoms. The van der Waals surface area contributed by atoms with E-state index in [1.807, 2.05) is 12.3 Å². The first-order valence-electron chi connectivity index (χ1n) is 6.89. The molecular weight excluding hydrogens is 296 g/mol. The monoisotopic (exact) mass is 318 g/mol. The van der Waals surface area contributed by atoms with E-state index >= 15 is 0 Å². The molecule has 0 spiro atoms. The number of hydrogen-bond acceptors (Lipinski definition) is 5. The zero-order valence-corrected chi connectivity index (χ0v) is 13.6. The SMILES string of the molecule is CCOCCN(C)S(=O)(=O)c1ccsc1CNC1CC1. The molecule has 0 radical (unpaired) electrons. The summed E-state index contributed by atoms with van der Waals surface area (Å²) in [6, 6.07) is 2.27. The van der Waals surface area contributed by atoms with Crippen LogP contribution in [-0.2, 0) is 21.3 Å². The number of nitrogens with one attached hydrogen (secondary N) is 1. The Labute approximate surface area is 125 Å². The van der Waals surface area contributed by atoms with Gasteiger partial charge in [-0.05, 0) is 31.2 Å². The number of ether oxygens (including phenoxy) is 1. The van der Waals surface area contributed by atoms with Gasteiger partial charge in [0, 0.05) is 37.7 Å². The van der Waals surface area contributed by atoms with Gasteiger partial charge >= 0.3 is 0 Å². The minimum atomic E-state index is -3.41. The normalized spacial score (nSPS) is 15.9. The standard InChI is InChI=1S/C13H22N2O3S2/c1-3-18-8-7-15(2)20(16,17)13-6-9-19-12(13)10-14-11-4-5-11/h6,9,11,14H,3-5,7-8,10H2,1-2H3. The van der Waals surface area contributed by atoms with Crippen LogP contribution in [-0.4, -0.2) is 45.6 Å². The van der Waals surface area contributed by atoms with E-state index in [9.17, 15) is 8.42 Å². The Hall–Kier alpha value is -0.470. The third-order valence-corrected chi connectivity index (χ3v) is 6.27. The van der Waals surface area contributed by atoms with Crippen LogP contribution in [0.5, 0.6) is 0 Å². The van der Waals surface area contributed by atoms with E-state index in [4.69, 9.17) is 4.74 Å². The molecular formula is C13H22N2O3S2. The molecule has 1 heterocycles. The Morgan fingerprint density at radius 1 is 1.50 bits per heavy atom. The van der Waals surface area contributed by atoms with Crippen LogP contribution in [0.25, 0.3) is 0 Å². The predicted molar refractivity (Wildman–Crippen MR) is 80.5 cm³/mol. The Morgan fingerprint density at radius 2 is 2.25 bits per heavy atom. The fourth-order valence-corrected chi connectivity index (χ4v) is 4.35. The Kier molecular flexibility index (Phi) is 5.57. The molecule has 5 nitrogen and oxygen atoms in total. The van der Waals surface area contributed by atoms with Crippen molar-refractivity contribution in [3.05, 3.63) is 16.3 Å². The summed E-state index contributed by atoms with van der Waals surface area (Å²) < 4.78 is 31.6. The second-order valence-electron chi connectivity index (χ2n) is 4.89. The van der Waals surface area contributed by atoms with Gasteiger partial charge in [-0.2, -0.15) is 4.31 Å². The number of hydrogen-bond donors (Lipinski definition) is 1. The lowest BCUT2D eigenvalue weighted by atomic mass is 10.4. The van der Waals surface area contributed by atoms with Crippen molar-refractivity contribution in [1.29, 1.82) is 0 Å². The maximum absolute atomic E-state index is 12.5. The highest BCUT2D eigenvalue weighted by atomic mass is 32.2. The van der Waals surface area contributed by atoms with Crippen LogP contribution in [0.15, 0.2) is 16.3 Å². The zero-order chi connectivity index (χ0) is 14.6. The van der Waals surface area contributed by atoms with Crippen molar-refractivity contribution in [2.24, 2.45) is 0 Å². The van der Waals surface area contributed by atoms with Gasteiger partial charge in [0.2, 0.25) is 10.0 Å². The largest absolute Gasteiger partial charge is 0.380 e. The summed E-state index contributed by atoms with van der Waals surface area (Å²) in [7, 11) is -1.81. The fraction of sp³-hybridized carbons (Fsp3) is 0.692. The highest BCUT2D eigenvalue weighted by Gasteiger charge is 2.26. The number of rotatable bonds is 9. The second-order valence-corrected chi connectivity index (χ2v) is 7.90. The Balaban J connectivity index is 2.01. The summed E-state index contributed by atoms with van der Waals surface area (Å²) in [6.07, 6.45) is 2.39. The Bertz CT molecular complexity index is 523. The van der Waals surface area contributed by atoms with Crippen molar-refractivity contribution >= 4 is 21.4 Å². The topological polar surface area (TPSA) is 58.6 Å². The summed E-state index contributed by atoms with van der Waals surface area (Å²) in [5, 5.41) is 5.21. The minimum absolute atomic E-state index is 0.377. The molecule has 0 aliphatic heterocycles. The molecule has 1 aromatic rings. The molecule has 7 heteroatoms. The van der Waals surface area contributed by atoms with E-state index in [-0.39, 0.29) is 0 Å². The number of nitrogens with zero attached hydrogens (tertiary/aromatic N) is 1.